The van der Waals surface area contributed by atoms with Crippen LogP contribution in [0.3, 0.4) is 0 Å². The molecule has 0 aliphatic carbocycles. The molecule has 0 radical (unpaired) electrons. The molecule has 0 amide bonds. The summed E-state index contributed by atoms with van der Waals surface area (Å²) in [4.78, 5) is 2.44. The average Bonchev–Trinajstić information content (AvgIpc) is 3.10. The Morgan fingerprint density at radius 3 is 2.74 bits per heavy atom. The third-order valence-electron chi connectivity index (χ3n) is 3.81. The Labute approximate surface area is 135 Å². The first-order valence-electron chi connectivity index (χ1n) is 7.60. The molecule has 1 aliphatic heterocycles. The summed E-state index contributed by atoms with van der Waals surface area (Å²) < 4.78 is 32.9. The molecule has 0 bridgehead atoms. The second kappa shape index (κ2) is 7.22. The molecule has 0 saturated carbocycles. The lowest BCUT2D eigenvalue weighted by molar-refractivity contribution is 0.245. The molecule has 0 atom stereocenters. The molecule has 1 fully saturated rings. The van der Waals surface area contributed by atoms with Crippen LogP contribution in [-0.2, 0) is 10.0 Å². The highest BCUT2D eigenvalue weighted by Gasteiger charge is 2.20. The highest BCUT2D eigenvalue weighted by molar-refractivity contribution is 7.89. The lowest BCUT2D eigenvalue weighted by Gasteiger charge is -2.27. The number of benzene rings is 1. The smallest absolute Gasteiger partial charge is 0.241 e. The maximum Gasteiger partial charge on any atom is 0.241 e. The molecular weight excluding hydrogens is 316 g/mol. The van der Waals surface area contributed by atoms with Gasteiger partial charge in [-0.3, -0.25) is 4.90 Å². The van der Waals surface area contributed by atoms with Gasteiger partial charge in [0, 0.05) is 50.9 Å². The van der Waals surface area contributed by atoms with Crippen molar-refractivity contribution in [2.45, 2.75) is 4.90 Å². The van der Waals surface area contributed by atoms with Gasteiger partial charge in [0.1, 0.15) is 0 Å². The van der Waals surface area contributed by atoms with E-state index in [9.17, 15) is 8.42 Å². The highest BCUT2D eigenvalue weighted by atomic mass is 32.2. The number of rotatable bonds is 6. The van der Waals surface area contributed by atoms with Gasteiger partial charge in [-0.2, -0.15) is 0 Å². The first-order chi connectivity index (χ1) is 11.2. The summed E-state index contributed by atoms with van der Waals surface area (Å²) in [6.45, 7) is 4.85. The maximum atomic E-state index is 12.6. The van der Waals surface area contributed by atoms with Crippen LogP contribution in [-0.4, -0.2) is 57.7 Å². The number of piperazine rings is 1. The number of nitrogens with zero attached hydrogens (tertiary/aromatic N) is 2. The van der Waals surface area contributed by atoms with Crippen LogP contribution in [0.5, 0.6) is 0 Å². The Hall–Kier alpha value is -1.74. The van der Waals surface area contributed by atoms with Gasteiger partial charge in [-0.05, 0) is 12.1 Å². The maximum absolute atomic E-state index is 12.6. The van der Waals surface area contributed by atoms with Crippen LogP contribution in [0.2, 0.25) is 0 Å². The number of hydrogen-bond acceptors (Lipinski definition) is 6. The minimum absolute atomic E-state index is 0.206. The van der Waals surface area contributed by atoms with E-state index in [1.54, 1.807) is 30.3 Å². The first kappa shape index (κ1) is 16.1. The molecule has 2 N–H and O–H groups in total. The molecule has 1 saturated heterocycles. The largest absolute Gasteiger partial charge is 0.356 e. The quantitative estimate of drug-likeness (QED) is 0.800. The summed E-state index contributed by atoms with van der Waals surface area (Å²) >= 11 is 0. The zero-order valence-electron chi connectivity index (χ0n) is 12.7. The summed E-state index contributed by atoms with van der Waals surface area (Å²) in [5.41, 5.74) is 0.514. The molecule has 1 aromatic carbocycles. The van der Waals surface area contributed by atoms with Crippen molar-refractivity contribution < 1.29 is 12.9 Å². The fourth-order valence-electron chi connectivity index (χ4n) is 2.61. The number of aromatic nitrogens is 1. The van der Waals surface area contributed by atoms with Crippen LogP contribution in [0.1, 0.15) is 0 Å². The minimum atomic E-state index is -3.60. The Kier molecular flexibility index (Phi) is 5.06. The van der Waals surface area contributed by atoms with Crippen LogP contribution in [0, 0.1) is 0 Å². The van der Waals surface area contributed by atoms with E-state index in [-0.39, 0.29) is 4.90 Å². The molecular formula is C15H20N4O3S. The van der Waals surface area contributed by atoms with Gasteiger partial charge in [0.2, 0.25) is 10.0 Å². The molecule has 0 spiro atoms. The summed E-state index contributed by atoms with van der Waals surface area (Å²) in [5.74, 6) is 0.438. The van der Waals surface area contributed by atoms with E-state index in [4.69, 9.17) is 4.52 Å². The van der Waals surface area contributed by atoms with Crippen molar-refractivity contribution in [1.29, 1.82) is 0 Å². The first-order valence-corrected chi connectivity index (χ1v) is 9.08. The second-order valence-corrected chi connectivity index (χ2v) is 7.10. The van der Waals surface area contributed by atoms with Crippen molar-refractivity contribution >= 4 is 10.0 Å². The van der Waals surface area contributed by atoms with Crippen molar-refractivity contribution in [2.75, 3.05) is 39.3 Å². The van der Waals surface area contributed by atoms with Crippen molar-refractivity contribution in [3.63, 3.8) is 0 Å². The van der Waals surface area contributed by atoms with E-state index in [2.05, 4.69) is 20.1 Å². The topological polar surface area (TPSA) is 87.5 Å². The SMILES string of the molecule is O=S(=O)(NCCN1CCNCC1)c1ccccc1-c1ccno1. The zero-order valence-corrected chi connectivity index (χ0v) is 13.6. The van der Waals surface area contributed by atoms with Crippen LogP contribution >= 0.6 is 0 Å². The van der Waals surface area contributed by atoms with Crippen molar-refractivity contribution in [1.82, 2.24) is 20.1 Å². The van der Waals surface area contributed by atoms with E-state index in [1.807, 2.05) is 0 Å². The average molecular weight is 336 g/mol. The summed E-state index contributed by atoms with van der Waals surface area (Å²) in [6, 6.07) is 8.41. The van der Waals surface area contributed by atoms with E-state index in [1.165, 1.54) is 6.20 Å². The van der Waals surface area contributed by atoms with Gasteiger partial charge >= 0.3 is 0 Å². The molecule has 124 valence electrons. The molecule has 8 heteroatoms. The molecule has 3 rings (SSSR count). The summed E-state index contributed by atoms with van der Waals surface area (Å²) in [7, 11) is -3.60. The van der Waals surface area contributed by atoms with E-state index >= 15 is 0 Å². The molecule has 7 nitrogen and oxygen atoms in total. The van der Waals surface area contributed by atoms with Gasteiger partial charge in [-0.1, -0.05) is 17.3 Å². The lowest BCUT2D eigenvalue weighted by Crippen LogP contribution is -2.46. The second-order valence-electron chi connectivity index (χ2n) is 5.36. The molecule has 2 aromatic rings. The number of sulfonamides is 1. The normalized spacial score (nSPS) is 16.5. The van der Waals surface area contributed by atoms with Gasteiger partial charge in [-0.25, -0.2) is 13.1 Å². The Bertz CT molecular complexity index is 725. The fourth-order valence-corrected chi connectivity index (χ4v) is 3.84. The molecule has 2 heterocycles. The van der Waals surface area contributed by atoms with Crippen molar-refractivity contribution in [2.24, 2.45) is 0 Å². The van der Waals surface area contributed by atoms with Crippen molar-refractivity contribution in [3.05, 3.63) is 36.5 Å². The molecule has 1 aromatic heterocycles. The molecule has 1 aliphatic rings. The van der Waals surface area contributed by atoms with E-state index in [0.717, 1.165) is 26.2 Å². The number of nitrogens with one attached hydrogen (secondary N) is 2. The van der Waals surface area contributed by atoms with Gasteiger partial charge in [0.25, 0.3) is 0 Å². The molecule has 23 heavy (non-hydrogen) atoms. The van der Waals surface area contributed by atoms with Gasteiger partial charge in [-0.15, -0.1) is 0 Å². The van der Waals surface area contributed by atoms with Crippen LogP contribution in [0.4, 0.5) is 0 Å². The third kappa shape index (κ3) is 3.97. The van der Waals surface area contributed by atoms with Gasteiger partial charge < -0.3 is 9.84 Å². The summed E-state index contributed by atoms with van der Waals surface area (Å²) in [5, 5.41) is 6.92. The highest BCUT2D eigenvalue weighted by Crippen LogP contribution is 2.26. The Morgan fingerprint density at radius 2 is 2.00 bits per heavy atom. The van der Waals surface area contributed by atoms with Crippen molar-refractivity contribution in [3.8, 4) is 11.3 Å². The van der Waals surface area contributed by atoms with Gasteiger partial charge in [0.05, 0.1) is 11.1 Å². The fraction of sp³-hybridized carbons (Fsp3) is 0.400. The predicted octanol–water partition coefficient (Wildman–Crippen LogP) is 0.525. The Balaban J connectivity index is 1.70. The van der Waals surface area contributed by atoms with E-state index < -0.39 is 10.0 Å². The standard InChI is InChI=1S/C15H20N4O3S/c20-23(21,18-9-12-19-10-7-16-8-11-19)15-4-2-1-3-13(15)14-5-6-17-22-14/h1-6,16,18H,7-12H2. The zero-order chi connectivity index (χ0) is 16.1. The molecule has 0 unspecified atom stereocenters. The van der Waals surface area contributed by atoms with Crippen LogP contribution in [0.25, 0.3) is 11.3 Å². The minimum Gasteiger partial charge on any atom is -0.356 e. The van der Waals surface area contributed by atoms with Crippen LogP contribution in [0.15, 0.2) is 45.9 Å². The van der Waals surface area contributed by atoms with Gasteiger partial charge in [0.15, 0.2) is 5.76 Å². The van der Waals surface area contributed by atoms with E-state index in [0.29, 0.717) is 24.4 Å². The summed E-state index contributed by atoms with van der Waals surface area (Å²) in [6.07, 6.45) is 1.50. The Morgan fingerprint density at radius 1 is 1.22 bits per heavy atom. The monoisotopic (exact) mass is 336 g/mol. The number of hydrogen-bond donors (Lipinski definition) is 2. The third-order valence-corrected chi connectivity index (χ3v) is 5.33. The lowest BCUT2D eigenvalue weighted by atomic mass is 10.2. The predicted molar refractivity (Wildman–Crippen MR) is 86.4 cm³/mol. The van der Waals surface area contributed by atoms with Crippen LogP contribution < -0.4 is 10.0 Å².